The number of halogens is 1. The smallest absolute Gasteiger partial charge is 0.247 e. The number of piperidine rings is 1. The number of likely N-dealkylation sites (tertiary alicyclic amines) is 1. The summed E-state index contributed by atoms with van der Waals surface area (Å²) in [7, 11) is 0. The van der Waals surface area contributed by atoms with Gasteiger partial charge in [0.25, 0.3) is 0 Å². The molecule has 2 aliphatic heterocycles. The second-order valence-corrected chi connectivity index (χ2v) is 8.46. The van der Waals surface area contributed by atoms with E-state index in [4.69, 9.17) is 0 Å². The van der Waals surface area contributed by atoms with Crippen molar-refractivity contribution < 1.29 is 4.79 Å². The summed E-state index contributed by atoms with van der Waals surface area (Å²) in [6.07, 6.45) is 6.80. The highest BCUT2D eigenvalue weighted by molar-refractivity contribution is 5.93. The van der Waals surface area contributed by atoms with Crippen LogP contribution >= 0.6 is 12.4 Å². The van der Waals surface area contributed by atoms with Gasteiger partial charge in [-0.3, -0.25) is 9.69 Å². The van der Waals surface area contributed by atoms with Gasteiger partial charge in [-0.05, 0) is 55.4 Å². The van der Waals surface area contributed by atoms with Gasteiger partial charge >= 0.3 is 0 Å². The van der Waals surface area contributed by atoms with E-state index in [0.717, 1.165) is 31.6 Å². The fourth-order valence-electron chi connectivity index (χ4n) is 5.51. The fraction of sp³-hybridized carbons (Fsp3) is 0.458. The molecular weight excluding hydrogens is 382 g/mol. The maximum Gasteiger partial charge on any atom is 0.247 e. The molecule has 1 unspecified atom stereocenters. The number of carbonyl (C=O) groups excluding carboxylic acids is 1. The number of benzene rings is 2. The minimum atomic E-state index is -0.387. The molecule has 1 N–H and O–H groups in total. The molecule has 0 saturated carbocycles. The summed E-state index contributed by atoms with van der Waals surface area (Å²) < 4.78 is 0. The Balaban J connectivity index is 0.00000205. The number of nitrogens with zero attached hydrogens (tertiary/aromatic N) is 2. The minimum absolute atomic E-state index is 0. The minimum Gasteiger partial charge on any atom is -0.339 e. The van der Waals surface area contributed by atoms with Gasteiger partial charge in [0.2, 0.25) is 5.91 Å². The van der Waals surface area contributed by atoms with Crippen LogP contribution in [0.4, 0.5) is 5.69 Å². The van der Waals surface area contributed by atoms with E-state index < -0.39 is 0 Å². The van der Waals surface area contributed by atoms with E-state index in [9.17, 15) is 4.79 Å². The zero-order chi connectivity index (χ0) is 19.0. The lowest BCUT2D eigenvalue weighted by Gasteiger charge is -2.45. The lowest BCUT2D eigenvalue weighted by atomic mass is 9.84. The fourth-order valence-corrected chi connectivity index (χ4v) is 5.51. The molecule has 2 saturated heterocycles. The average molecular weight is 412 g/mol. The van der Waals surface area contributed by atoms with Gasteiger partial charge < -0.3 is 10.2 Å². The monoisotopic (exact) mass is 411 g/mol. The standard InChI is InChI=1S/C24H29N3O.ClH/c28-23-24(27(18-25-23)20-10-2-1-3-11-20)14-16-26(17-15-24)22-13-7-5-9-19-8-4-6-12-21(19)22;/h1-4,6,8,10-12,22H,5,7,9,13-18H2,(H,25,28);1H. The van der Waals surface area contributed by atoms with Crippen LogP contribution in [0.5, 0.6) is 0 Å². The second kappa shape index (κ2) is 8.37. The van der Waals surface area contributed by atoms with Crippen molar-refractivity contribution in [2.24, 2.45) is 0 Å². The first-order valence-electron chi connectivity index (χ1n) is 10.7. The van der Waals surface area contributed by atoms with E-state index in [1.54, 1.807) is 0 Å². The molecule has 1 aliphatic carbocycles. The molecule has 1 spiro atoms. The van der Waals surface area contributed by atoms with Gasteiger partial charge in [-0.15, -0.1) is 12.4 Å². The van der Waals surface area contributed by atoms with E-state index in [1.165, 1.54) is 36.8 Å². The van der Waals surface area contributed by atoms with Crippen molar-refractivity contribution in [1.82, 2.24) is 10.2 Å². The molecule has 2 fully saturated rings. The number of anilines is 1. The van der Waals surface area contributed by atoms with Crippen LogP contribution in [0.15, 0.2) is 54.6 Å². The average Bonchev–Trinajstić information content (AvgIpc) is 2.92. The van der Waals surface area contributed by atoms with Crippen molar-refractivity contribution in [3.05, 3.63) is 65.7 Å². The van der Waals surface area contributed by atoms with E-state index in [2.05, 4.69) is 63.6 Å². The van der Waals surface area contributed by atoms with Crippen LogP contribution in [0, 0.1) is 0 Å². The Morgan fingerprint density at radius 3 is 2.45 bits per heavy atom. The molecule has 1 atom stereocenters. The lowest BCUT2D eigenvalue weighted by molar-refractivity contribution is -0.125. The van der Waals surface area contributed by atoms with Crippen LogP contribution < -0.4 is 10.2 Å². The van der Waals surface area contributed by atoms with Crippen LogP contribution in [0.2, 0.25) is 0 Å². The first-order valence-corrected chi connectivity index (χ1v) is 10.7. The molecule has 1 amide bonds. The predicted octanol–water partition coefficient (Wildman–Crippen LogP) is 4.30. The van der Waals surface area contributed by atoms with Gasteiger partial charge in [-0.2, -0.15) is 0 Å². The van der Waals surface area contributed by atoms with Crippen molar-refractivity contribution in [3.8, 4) is 0 Å². The first kappa shape index (κ1) is 20.2. The number of amides is 1. The topological polar surface area (TPSA) is 35.6 Å². The number of para-hydroxylation sites is 1. The molecule has 0 radical (unpaired) electrons. The van der Waals surface area contributed by atoms with Gasteiger partial charge in [0.15, 0.2) is 0 Å². The highest BCUT2D eigenvalue weighted by atomic mass is 35.5. The van der Waals surface area contributed by atoms with Crippen LogP contribution in [0.25, 0.3) is 0 Å². The Kier molecular flexibility index (Phi) is 5.84. The number of hydrogen-bond acceptors (Lipinski definition) is 3. The van der Waals surface area contributed by atoms with Crippen LogP contribution in [-0.4, -0.2) is 36.1 Å². The lowest BCUT2D eigenvalue weighted by Crippen LogP contribution is -2.56. The van der Waals surface area contributed by atoms with Gasteiger partial charge in [0.1, 0.15) is 5.54 Å². The third-order valence-electron chi connectivity index (χ3n) is 7.06. The summed E-state index contributed by atoms with van der Waals surface area (Å²) in [5, 5.41) is 3.12. The normalized spacial score (nSPS) is 23.8. The second-order valence-electron chi connectivity index (χ2n) is 8.46. The summed E-state index contributed by atoms with van der Waals surface area (Å²) in [5.74, 6) is 0.206. The van der Waals surface area contributed by atoms with E-state index in [-0.39, 0.29) is 23.9 Å². The van der Waals surface area contributed by atoms with Crippen molar-refractivity contribution in [1.29, 1.82) is 0 Å². The van der Waals surface area contributed by atoms with E-state index >= 15 is 0 Å². The molecule has 4 nitrogen and oxygen atoms in total. The zero-order valence-electron chi connectivity index (χ0n) is 16.8. The highest BCUT2D eigenvalue weighted by Crippen LogP contribution is 2.40. The Morgan fingerprint density at radius 1 is 0.931 bits per heavy atom. The summed E-state index contributed by atoms with van der Waals surface area (Å²) >= 11 is 0. The number of fused-ring (bicyclic) bond motifs is 1. The molecule has 5 heteroatoms. The molecule has 3 aliphatic rings. The summed E-state index contributed by atoms with van der Waals surface area (Å²) in [6.45, 7) is 2.58. The molecule has 2 aromatic carbocycles. The Labute approximate surface area is 179 Å². The molecule has 154 valence electrons. The van der Waals surface area contributed by atoms with Crippen LogP contribution in [0.1, 0.15) is 49.3 Å². The molecule has 2 aromatic rings. The van der Waals surface area contributed by atoms with Gasteiger partial charge in [0.05, 0.1) is 6.67 Å². The maximum absolute atomic E-state index is 12.9. The van der Waals surface area contributed by atoms with E-state index in [0.29, 0.717) is 12.7 Å². The molecule has 29 heavy (non-hydrogen) atoms. The molecule has 2 heterocycles. The SMILES string of the molecule is Cl.O=C1NCN(c2ccccc2)C12CCN(C1CCCCc3ccccc31)CC2. The van der Waals surface area contributed by atoms with Crippen LogP contribution in [-0.2, 0) is 11.2 Å². The quantitative estimate of drug-likeness (QED) is 0.748. The number of rotatable bonds is 2. The number of aryl methyl sites for hydroxylation is 1. The number of carbonyl (C=O) groups is 1. The Morgan fingerprint density at radius 2 is 1.66 bits per heavy atom. The van der Waals surface area contributed by atoms with Crippen molar-refractivity contribution in [2.75, 3.05) is 24.7 Å². The first-order chi connectivity index (χ1) is 13.8. The summed E-state index contributed by atoms with van der Waals surface area (Å²) in [6, 6.07) is 19.9. The third-order valence-corrected chi connectivity index (χ3v) is 7.06. The molecular formula is C24H30ClN3O. The predicted molar refractivity (Wildman–Crippen MR) is 119 cm³/mol. The molecule has 5 rings (SSSR count). The van der Waals surface area contributed by atoms with Gasteiger partial charge in [-0.25, -0.2) is 0 Å². The number of hydrogen-bond donors (Lipinski definition) is 1. The highest BCUT2D eigenvalue weighted by Gasteiger charge is 2.50. The number of nitrogens with one attached hydrogen (secondary N) is 1. The molecule has 0 bridgehead atoms. The van der Waals surface area contributed by atoms with Crippen molar-refractivity contribution in [2.45, 2.75) is 50.1 Å². The van der Waals surface area contributed by atoms with Crippen molar-refractivity contribution >= 4 is 24.0 Å². The zero-order valence-corrected chi connectivity index (χ0v) is 17.7. The Hall–Kier alpha value is -2.04. The molecule has 0 aromatic heterocycles. The van der Waals surface area contributed by atoms with Gasteiger partial charge in [0, 0.05) is 24.8 Å². The van der Waals surface area contributed by atoms with Crippen molar-refractivity contribution in [3.63, 3.8) is 0 Å². The summed E-state index contributed by atoms with van der Waals surface area (Å²) in [4.78, 5) is 17.8. The largest absolute Gasteiger partial charge is 0.339 e. The van der Waals surface area contributed by atoms with E-state index in [1.807, 2.05) is 6.07 Å². The summed E-state index contributed by atoms with van der Waals surface area (Å²) in [5.41, 5.74) is 3.80. The van der Waals surface area contributed by atoms with Gasteiger partial charge in [-0.1, -0.05) is 48.9 Å². The Bertz CT molecular complexity index is 848. The maximum atomic E-state index is 12.9. The third kappa shape index (κ3) is 3.53. The van der Waals surface area contributed by atoms with Crippen LogP contribution in [0.3, 0.4) is 0 Å².